The molecule has 3 fully saturated rings. The summed E-state index contributed by atoms with van der Waals surface area (Å²) in [6.45, 7) is 5.52. The molecule has 7 aromatic rings. The topological polar surface area (TPSA) is 286 Å². The van der Waals surface area contributed by atoms with Crippen LogP contribution in [0.15, 0.2) is 228 Å². The number of azide groups is 3. The second-order valence-electron chi connectivity index (χ2n) is 24.2. The van der Waals surface area contributed by atoms with Gasteiger partial charge < -0.3 is 62.2 Å². The van der Waals surface area contributed by atoms with Gasteiger partial charge in [-0.3, -0.25) is 0 Å². The molecule has 2 saturated heterocycles. The summed E-state index contributed by atoms with van der Waals surface area (Å²) in [5, 5.41) is 16.0. The van der Waals surface area contributed by atoms with E-state index in [4.69, 9.17) is 56.8 Å². The van der Waals surface area contributed by atoms with Gasteiger partial charge in [0, 0.05) is 21.3 Å². The second kappa shape index (κ2) is 35.7. The zero-order valence-electron chi connectivity index (χ0n) is 53.3. The van der Waals surface area contributed by atoms with Gasteiger partial charge in [0.15, 0.2) is 12.6 Å². The number of hydrogen-bond donors (Lipinski definition) is 1. The summed E-state index contributed by atoms with van der Waals surface area (Å²) >= 11 is 0. The lowest BCUT2D eigenvalue weighted by Gasteiger charge is -2.51. The number of nitrogens with one attached hydrogen (secondary N) is 1. The van der Waals surface area contributed by atoms with Crippen molar-refractivity contribution < 1.29 is 61.6 Å². The van der Waals surface area contributed by atoms with Crippen molar-refractivity contribution in [1.82, 2.24) is 5.32 Å². The molecule has 95 heavy (non-hydrogen) atoms. The first-order valence-electron chi connectivity index (χ1n) is 31.8. The molecule has 1 saturated carbocycles. The van der Waals surface area contributed by atoms with Crippen molar-refractivity contribution in [3.63, 3.8) is 0 Å². The van der Waals surface area contributed by atoms with Crippen molar-refractivity contribution >= 4 is 6.09 Å². The fourth-order valence-electron chi connectivity index (χ4n) is 11.7. The van der Waals surface area contributed by atoms with Crippen molar-refractivity contribution in [1.29, 1.82) is 0 Å². The standard InChI is InChI=1S/C72H80N10O13/c1-72(2,3)95-71(83)76-40-58-64(86-43-51-29-15-6-16-30-51)67(89-46-54-35-21-9-22-36-54)68(90-47-55-37-23-10-24-38-55)70(91-58)94-62-57(78-81-74)39-56(77-80-73)61(66(62)88-45-53-33-19-8-20-34-53)93-69-65(87-44-52-31-17-7-18-32-52)60(79-82-75)63(85-42-50-27-13-5-14-28-50)59(92-69)48-84-41-49-25-11-4-12-26-49/h4-38,56-70H,39-48H2,1-3H3,(H,76,83)/t56-,57+,58-,59-,60?,61+,62-,63-,64-,65-,66-,67+,68-,69-,70-/m1/s1. The third-order valence-electron chi connectivity index (χ3n) is 16.2. The van der Waals surface area contributed by atoms with Gasteiger partial charge in [0.05, 0.1) is 89.3 Å². The van der Waals surface area contributed by atoms with Crippen LogP contribution in [0, 0.1) is 0 Å². The highest BCUT2D eigenvalue weighted by Gasteiger charge is 2.56. The number of hydrogen-bond acceptors (Lipinski definition) is 16. The average Bonchev–Trinajstić information content (AvgIpc) is 0.799. The van der Waals surface area contributed by atoms with E-state index >= 15 is 0 Å². The Labute approximate surface area is 552 Å². The Morgan fingerprint density at radius 1 is 0.421 bits per heavy atom. The van der Waals surface area contributed by atoms with Gasteiger partial charge in [-0.1, -0.05) is 228 Å². The van der Waals surface area contributed by atoms with Crippen LogP contribution in [0.3, 0.4) is 0 Å². The number of ether oxygens (including phenoxy) is 12. The molecule has 1 aliphatic carbocycles. The fraction of sp³-hybridized carbons (Fsp3) is 0.403. The van der Waals surface area contributed by atoms with E-state index in [1.807, 2.05) is 212 Å². The van der Waals surface area contributed by atoms with E-state index in [1.54, 1.807) is 20.8 Å². The van der Waals surface area contributed by atoms with E-state index in [1.165, 1.54) is 0 Å². The van der Waals surface area contributed by atoms with E-state index < -0.39 is 103 Å². The highest BCUT2D eigenvalue weighted by molar-refractivity contribution is 5.67. The summed E-state index contributed by atoms with van der Waals surface area (Å²) in [6, 6.07) is 63.3. The Balaban J connectivity index is 1.08. The molecular weight excluding hydrogens is 1210 g/mol. The molecule has 15 atom stereocenters. The van der Waals surface area contributed by atoms with Crippen molar-refractivity contribution in [3.05, 3.63) is 283 Å². The molecule has 496 valence electrons. The Bertz CT molecular complexity index is 3560. The minimum atomic E-state index is -1.45. The Kier molecular flexibility index (Phi) is 26.0. The number of amides is 1. The zero-order valence-corrected chi connectivity index (χ0v) is 53.3. The van der Waals surface area contributed by atoms with Crippen LogP contribution in [0.5, 0.6) is 0 Å². The van der Waals surface area contributed by atoms with Gasteiger partial charge in [0.1, 0.15) is 48.3 Å². The van der Waals surface area contributed by atoms with Crippen LogP contribution in [0.2, 0.25) is 0 Å². The summed E-state index contributed by atoms with van der Waals surface area (Å²) in [4.78, 5) is 23.7. The number of nitrogens with zero attached hydrogens (tertiary/aromatic N) is 9. The number of rotatable bonds is 31. The van der Waals surface area contributed by atoms with E-state index in [2.05, 4.69) is 35.4 Å². The van der Waals surface area contributed by atoms with Gasteiger partial charge in [-0.15, -0.1) is 0 Å². The van der Waals surface area contributed by atoms with E-state index in [9.17, 15) is 21.4 Å². The summed E-state index contributed by atoms with van der Waals surface area (Å²) in [5.41, 5.74) is 36.6. The Morgan fingerprint density at radius 2 is 0.747 bits per heavy atom. The van der Waals surface area contributed by atoms with Crippen LogP contribution < -0.4 is 5.32 Å². The molecule has 2 heterocycles. The maximum Gasteiger partial charge on any atom is 0.407 e. The molecule has 23 nitrogen and oxygen atoms in total. The maximum absolute atomic E-state index is 13.7. The monoisotopic (exact) mass is 1290 g/mol. The number of alkyl carbamates (subject to hydrolysis) is 1. The van der Waals surface area contributed by atoms with Crippen LogP contribution in [-0.2, 0) is 103 Å². The van der Waals surface area contributed by atoms with Gasteiger partial charge in [-0.25, -0.2) is 4.79 Å². The smallest absolute Gasteiger partial charge is 0.407 e. The van der Waals surface area contributed by atoms with Crippen molar-refractivity contribution in [2.75, 3.05) is 13.2 Å². The summed E-state index contributed by atoms with van der Waals surface area (Å²) in [6.07, 6.45) is -15.1. The first-order chi connectivity index (χ1) is 46.5. The third kappa shape index (κ3) is 20.4. The lowest BCUT2D eigenvalue weighted by molar-refractivity contribution is -0.351. The lowest BCUT2D eigenvalue weighted by Crippen LogP contribution is -2.66. The number of carbonyl (C=O) groups is 1. The van der Waals surface area contributed by atoms with Crippen LogP contribution >= 0.6 is 0 Å². The summed E-state index contributed by atoms with van der Waals surface area (Å²) in [7, 11) is 0. The van der Waals surface area contributed by atoms with Crippen molar-refractivity contribution in [3.8, 4) is 0 Å². The van der Waals surface area contributed by atoms with Gasteiger partial charge in [0.2, 0.25) is 0 Å². The molecule has 0 aromatic heterocycles. The molecule has 1 amide bonds. The average molecular weight is 1290 g/mol. The summed E-state index contributed by atoms with van der Waals surface area (Å²) in [5.74, 6) is 0. The quantitative estimate of drug-likeness (QED) is 0.0240. The Morgan fingerprint density at radius 3 is 1.14 bits per heavy atom. The molecule has 23 heteroatoms. The van der Waals surface area contributed by atoms with Gasteiger partial charge >= 0.3 is 6.09 Å². The number of benzene rings is 7. The van der Waals surface area contributed by atoms with E-state index in [0.29, 0.717) is 0 Å². The largest absolute Gasteiger partial charge is 0.444 e. The molecule has 3 aliphatic rings. The van der Waals surface area contributed by atoms with E-state index in [0.717, 1.165) is 38.9 Å². The second-order valence-corrected chi connectivity index (χ2v) is 24.2. The maximum atomic E-state index is 13.7. The SMILES string of the molecule is CC(C)(C)OC(=O)NC[C@H]1O[C@H](O[C@H]2[C@H](OCc3ccccc3)[C@@H](O[C@H]3O[C@H](COCc4ccccc4)[C@@H](OCc4ccccc4)C(N=[N+]=[N-])[C@H]3OCc3ccccc3)[C@H](N=[N+]=[N-])C[C@@H]2N=[N+]=[N-])[C@H](OCc2ccccc2)[C@@H](OCc2ccccc2)[C@@H]1OCc1ccccc1. The fourth-order valence-corrected chi connectivity index (χ4v) is 11.7. The van der Waals surface area contributed by atoms with Crippen molar-refractivity contribution in [2.45, 2.75) is 171 Å². The molecule has 2 aliphatic heterocycles. The lowest BCUT2D eigenvalue weighted by atomic mass is 9.83. The first kappa shape index (κ1) is 69.1. The molecule has 0 spiro atoms. The molecule has 0 bridgehead atoms. The highest BCUT2D eigenvalue weighted by Crippen LogP contribution is 2.40. The van der Waals surface area contributed by atoms with Crippen LogP contribution in [0.4, 0.5) is 4.79 Å². The molecular formula is C72H80N10O13. The molecule has 7 aromatic carbocycles. The van der Waals surface area contributed by atoms with Crippen LogP contribution in [-0.4, -0.2) is 117 Å². The normalized spacial score (nSPS) is 25.8. The zero-order chi connectivity index (χ0) is 66.0. The predicted molar refractivity (Wildman–Crippen MR) is 351 cm³/mol. The number of carbonyl (C=O) groups excluding carboxylic acids is 1. The van der Waals surface area contributed by atoms with E-state index in [-0.39, 0.29) is 65.8 Å². The predicted octanol–water partition coefficient (Wildman–Crippen LogP) is 13.9. The van der Waals surface area contributed by atoms with Crippen LogP contribution in [0.25, 0.3) is 31.3 Å². The molecule has 1 unspecified atom stereocenters. The minimum absolute atomic E-state index is 0.00668. The van der Waals surface area contributed by atoms with Gasteiger partial charge in [-0.05, 0) is 82.7 Å². The Hall–Kier alpha value is -8.70. The van der Waals surface area contributed by atoms with Gasteiger partial charge in [0.25, 0.3) is 0 Å². The minimum Gasteiger partial charge on any atom is -0.444 e. The molecule has 10 rings (SSSR count). The highest BCUT2D eigenvalue weighted by atomic mass is 16.7. The first-order valence-corrected chi connectivity index (χ1v) is 31.8. The summed E-state index contributed by atoms with van der Waals surface area (Å²) < 4.78 is 83.0. The van der Waals surface area contributed by atoms with Gasteiger partial charge in [-0.2, -0.15) is 0 Å². The third-order valence-corrected chi connectivity index (χ3v) is 16.2. The van der Waals surface area contributed by atoms with Crippen LogP contribution in [0.1, 0.15) is 66.1 Å². The van der Waals surface area contributed by atoms with Crippen molar-refractivity contribution in [2.24, 2.45) is 15.3 Å². The molecule has 0 radical (unpaired) electrons. The molecule has 1 N–H and O–H groups in total.